The predicted molar refractivity (Wildman–Crippen MR) is 276 cm³/mol. The molecular formula is C53H64N4O21. The molecule has 78 heavy (non-hydrogen) atoms. The maximum Gasteiger partial charge on any atom is 0.408 e. The zero-order valence-corrected chi connectivity index (χ0v) is 45.4. The summed E-state index contributed by atoms with van der Waals surface area (Å²) in [5.74, 6) is -4.05. The molecule has 1 aliphatic heterocycles. The van der Waals surface area contributed by atoms with E-state index in [-0.39, 0.29) is 80.6 Å². The first kappa shape index (κ1) is 59.0. The molecule has 6 rings (SSSR count). The van der Waals surface area contributed by atoms with Crippen LogP contribution in [0.2, 0.25) is 0 Å². The van der Waals surface area contributed by atoms with Gasteiger partial charge in [-0.15, -0.1) is 0 Å². The summed E-state index contributed by atoms with van der Waals surface area (Å²) in [6.45, 7) is 11.9. The Morgan fingerprint density at radius 3 is 1.53 bits per heavy atom. The number of carbonyl (C=O) groups is 6. The molecule has 1 aliphatic rings. The summed E-state index contributed by atoms with van der Waals surface area (Å²) >= 11 is 0. The van der Waals surface area contributed by atoms with Crippen molar-refractivity contribution in [1.82, 2.24) is 20.5 Å². The molecule has 0 aliphatic carbocycles. The number of aryl methyl sites for hydroxylation is 1. The number of aliphatic hydroxyl groups excluding tert-OH is 3. The van der Waals surface area contributed by atoms with Crippen LogP contribution in [0.25, 0.3) is 44.3 Å². The fourth-order valence-corrected chi connectivity index (χ4v) is 8.20. The lowest BCUT2D eigenvalue weighted by Gasteiger charge is -2.27. The Morgan fingerprint density at radius 2 is 1.06 bits per heavy atom. The van der Waals surface area contributed by atoms with Crippen LogP contribution >= 0.6 is 0 Å². The SMILES string of the molecule is COc1cc(-c2c3n(c4c(=O)oc5cc(OC(=O)[C@H](CO)NC(=O)OC(C)(C)C)c(OC)cc5c24)CCc2c-3cc(OC)c(OC)c2OC(=O)[C@H](CO)NC(=O)OC(C)(C)C)ccc1OC(=O)[C@H](CO)NC(=O)OC(C)(C)C. The molecule has 3 aromatic carbocycles. The second kappa shape index (κ2) is 23.5. The Bertz CT molecular complexity index is 3190. The van der Waals surface area contributed by atoms with Crippen LogP contribution < -0.4 is 54.7 Å². The van der Waals surface area contributed by atoms with E-state index in [0.717, 1.165) is 0 Å². The van der Waals surface area contributed by atoms with Gasteiger partial charge in [0.2, 0.25) is 5.75 Å². The number of carbonyl (C=O) groups excluding carboxylic acids is 6. The van der Waals surface area contributed by atoms with Gasteiger partial charge >= 0.3 is 41.8 Å². The average Bonchev–Trinajstić information content (AvgIpc) is 3.98. The molecule has 0 saturated carbocycles. The summed E-state index contributed by atoms with van der Waals surface area (Å²) in [5.41, 5.74) is -2.27. The molecule has 25 heteroatoms. The molecule has 0 unspecified atom stereocenters. The van der Waals surface area contributed by atoms with E-state index >= 15 is 0 Å². The number of rotatable bonds is 17. The van der Waals surface area contributed by atoms with E-state index in [1.54, 1.807) is 72.9 Å². The van der Waals surface area contributed by atoms with Crippen molar-refractivity contribution >= 4 is 58.1 Å². The number of hydrogen-bond acceptors (Lipinski definition) is 21. The van der Waals surface area contributed by atoms with Gasteiger partial charge < -0.3 is 87.6 Å². The van der Waals surface area contributed by atoms with Gasteiger partial charge in [0.1, 0.15) is 27.9 Å². The number of nitrogens with one attached hydrogen (secondary N) is 3. The lowest BCUT2D eigenvalue weighted by atomic mass is 9.91. The van der Waals surface area contributed by atoms with Gasteiger partial charge in [-0.1, -0.05) is 6.07 Å². The fourth-order valence-electron chi connectivity index (χ4n) is 8.20. The quantitative estimate of drug-likeness (QED) is 0.0307. The molecule has 0 bridgehead atoms. The van der Waals surface area contributed by atoms with Crippen LogP contribution in [0.5, 0.6) is 40.2 Å². The average molecular weight is 1090 g/mol. The summed E-state index contributed by atoms with van der Waals surface area (Å²) in [7, 11) is 5.21. The van der Waals surface area contributed by atoms with E-state index < -0.39 is 96.6 Å². The Labute approximate surface area is 446 Å². The van der Waals surface area contributed by atoms with Crippen molar-refractivity contribution in [3.05, 3.63) is 52.4 Å². The van der Waals surface area contributed by atoms with Crippen molar-refractivity contribution in [1.29, 1.82) is 0 Å². The van der Waals surface area contributed by atoms with Crippen LogP contribution in [-0.4, -0.2) is 139 Å². The van der Waals surface area contributed by atoms with Crippen LogP contribution in [0.4, 0.5) is 14.4 Å². The Balaban J connectivity index is 1.59. The first-order valence-electron chi connectivity index (χ1n) is 24.2. The second-order valence-corrected chi connectivity index (χ2v) is 20.5. The first-order chi connectivity index (χ1) is 36.6. The van der Waals surface area contributed by atoms with Crippen LogP contribution in [0, 0.1) is 0 Å². The first-order valence-corrected chi connectivity index (χ1v) is 24.2. The normalized spacial score (nSPS) is 13.4. The molecular weight excluding hydrogens is 1030 g/mol. The summed E-state index contributed by atoms with van der Waals surface area (Å²) in [5, 5.41) is 37.8. The maximum atomic E-state index is 14.6. The van der Waals surface area contributed by atoms with E-state index in [0.29, 0.717) is 22.4 Å². The zero-order valence-electron chi connectivity index (χ0n) is 45.4. The predicted octanol–water partition coefficient (Wildman–Crippen LogP) is 5.05. The number of nitrogens with zero attached hydrogens (tertiary/aromatic N) is 1. The fraction of sp³-hybridized carbons (Fsp3) is 0.453. The number of methoxy groups -OCH3 is 4. The zero-order chi connectivity index (χ0) is 57.8. The number of amides is 3. The number of aliphatic hydroxyl groups is 3. The minimum atomic E-state index is -1.62. The number of aromatic nitrogens is 1. The molecule has 25 nitrogen and oxygen atoms in total. The third-order valence-electron chi connectivity index (χ3n) is 11.3. The molecule has 6 N–H and O–H groups in total. The van der Waals surface area contributed by atoms with Crippen LogP contribution in [0.1, 0.15) is 67.9 Å². The topological polar surface area (TPSA) is 327 Å². The molecule has 2 aromatic heterocycles. The summed E-state index contributed by atoms with van der Waals surface area (Å²) < 4.78 is 63.8. The smallest absolute Gasteiger partial charge is 0.408 e. The summed E-state index contributed by atoms with van der Waals surface area (Å²) in [6, 6.07) is 3.82. The van der Waals surface area contributed by atoms with Gasteiger partial charge in [-0.05, 0) is 98.6 Å². The monoisotopic (exact) mass is 1090 g/mol. The highest BCUT2D eigenvalue weighted by Crippen LogP contribution is 2.53. The van der Waals surface area contributed by atoms with Gasteiger partial charge in [-0.25, -0.2) is 33.6 Å². The van der Waals surface area contributed by atoms with Crippen LogP contribution in [-0.2, 0) is 41.6 Å². The van der Waals surface area contributed by atoms with Crippen molar-refractivity contribution in [3.63, 3.8) is 0 Å². The summed E-state index contributed by atoms with van der Waals surface area (Å²) in [6.07, 6.45) is -2.96. The van der Waals surface area contributed by atoms with Crippen molar-refractivity contribution in [2.75, 3.05) is 48.3 Å². The highest BCUT2D eigenvalue weighted by atomic mass is 16.6. The van der Waals surface area contributed by atoms with Gasteiger partial charge in [0.15, 0.2) is 52.6 Å². The van der Waals surface area contributed by atoms with Gasteiger partial charge in [0.05, 0.1) is 54.0 Å². The lowest BCUT2D eigenvalue weighted by molar-refractivity contribution is -0.138. The number of benzene rings is 3. The number of hydrogen-bond donors (Lipinski definition) is 6. The van der Waals surface area contributed by atoms with Gasteiger partial charge in [0, 0.05) is 40.1 Å². The maximum absolute atomic E-state index is 14.6. The standard InChI is InChI=1S/C53H64N4O21/c1-51(2,3)76-48(65)54-29(22-58)44(61)72-32-15-14-25(18-34(32)68-10)38-39-28-20-35(69-11)36(74-45(62)30(23-59)55-49(66)77-52(4,5)6)21-33(28)73-47(64)41(39)57-17-16-26-27(40(38)57)19-37(70-12)43(71-13)42(26)75-46(63)31(24-60)56-50(67)78-53(7,8)9/h14-15,18-21,29-31,58-60H,16-17,22-24H2,1-13H3,(H,54,65)(H,55,66)(H,56,67)/t29-,30-,31-/m0/s1. The second-order valence-electron chi connectivity index (χ2n) is 20.5. The minimum Gasteiger partial charge on any atom is -0.493 e. The molecule has 422 valence electrons. The molecule has 0 fully saturated rings. The van der Waals surface area contributed by atoms with E-state index in [9.17, 15) is 48.9 Å². The van der Waals surface area contributed by atoms with Crippen molar-refractivity contribution in [3.8, 4) is 62.6 Å². The molecule has 0 spiro atoms. The van der Waals surface area contributed by atoms with Crippen LogP contribution in [0.3, 0.4) is 0 Å². The molecule has 3 amide bonds. The van der Waals surface area contributed by atoms with Crippen molar-refractivity contribution in [2.24, 2.45) is 0 Å². The number of fused-ring (bicyclic) bond motifs is 7. The van der Waals surface area contributed by atoms with E-state index in [4.69, 9.17) is 51.8 Å². The highest BCUT2D eigenvalue weighted by molar-refractivity contribution is 6.17. The Hall–Kier alpha value is -8.29. The number of ether oxygens (including phenoxy) is 10. The van der Waals surface area contributed by atoms with Gasteiger partial charge in [-0.3, -0.25) is 0 Å². The Kier molecular flexibility index (Phi) is 17.8. The van der Waals surface area contributed by atoms with Gasteiger partial charge in [-0.2, -0.15) is 0 Å². The summed E-state index contributed by atoms with van der Waals surface area (Å²) in [4.78, 5) is 93.4. The third-order valence-corrected chi connectivity index (χ3v) is 11.3. The number of alkyl carbamates (subject to hydrolysis) is 3. The largest absolute Gasteiger partial charge is 0.493 e. The molecule has 0 radical (unpaired) electrons. The minimum absolute atomic E-state index is 0.00871. The highest BCUT2D eigenvalue weighted by Gasteiger charge is 2.37. The van der Waals surface area contributed by atoms with E-state index in [1.165, 1.54) is 58.8 Å². The Morgan fingerprint density at radius 1 is 0.590 bits per heavy atom. The number of esters is 3. The van der Waals surface area contributed by atoms with Crippen LogP contribution in [0.15, 0.2) is 45.6 Å². The van der Waals surface area contributed by atoms with E-state index in [1.807, 2.05) is 0 Å². The molecule has 0 saturated heterocycles. The van der Waals surface area contributed by atoms with Crippen molar-refractivity contribution in [2.45, 2.75) is 110 Å². The molecule has 3 heterocycles. The molecule has 5 aromatic rings. The van der Waals surface area contributed by atoms with E-state index in [2.05, 4.69) is 16.0 Å². The molecule has 3 atom stereocenters. The third kappa shape index (κ3) is 13.3. The van der Waals surface area contributed by atoms with Gasteiger partial charge in [0.25, 0.3) is 0 Å². The lowest BCUT2D eigenvalue weighted by Crippen LogP contribution is -2.47. The van der Waals surface area contributed by atoms with Crippen molar-refractivity contribution < 1.29 is 95.9 Å².